The maximum atomic E-state index is 13.1. The third-order valence-corrected chi connectivity index (χ3v) is 6.93. The van der Waals surface area contributed by atoms with Crippen LogP contribution in [0.2, 0.25) is 0 Å². The molecule has 0 fully saturated rings. The van der Waals surface area contributed by atoms with E-state index >= 15 is 0 Å². The number of amidine groups is 1. The summed E-state index contributed by atoms with van der Waals surface area (Å²) >= 11 is 0. The van der Waals surface area contributed by atoms with Crippen molar-refractivity contribution in [3.8, 4) is 22.9 Å². The number of aromatic nitrogens is 3. The van der Waals surface area contributed by atoms with Crippen molar-refractivity contribution in [3.05, 3.63) is 99.7 Å². The number of alkyl halides is 6. The number of carboxylic acids is 2. The van der Waals surface area contributed by atoms with E-state index in [1.165, 1.54) is 4.68 Å². The SMILES string of the molecule is CCOc1cc(C(Cc2ccc(C(=N)N)cc2)c2nn(-c3ccccc3OC)c(=O)[nH]2)ccc1OCCN(C)C.O=C(O)C(F)(F)F.O=C(O)C(F)(F)F. The van der Waals surface area contributed by atoms with Gasteiger partial charge in [0, 0.05) is 18.0 Å². The van der Waals surface area contributed by atoms with Crippen molar-refractivity contribution in [1.29, 1.82) is 5.41 Å². The summed E-state index contributed by atoms with van der Waals surface area (Å²) in [5.74, 6) is -3.50. The molecular weight excluding hydrogens is 734 g/mol. The number of benzene rings is 3. The number of rotatable bonds is 13. The average Bonchev–Trinajstić information content (AvgIpc) is 3.48. The van der Waals surface area contributed by atoms with Gasteiger partial charge in [0.2, 0.25) is 0 Å². The number of methoxy groups -OCH3 is 1. The number of hydrogen-bond donors (Lipinski definition) is 5. The summed E-state index contributed by atoms with van der Waals surface area (Å²) < 4.78 is 82.2. The number of carboxylic acid groups (broad SMARTS) is 2. The van der Waals surface area contributed by atoms with Crippen LogP contribution >= 0.6 is 0 Å². The Balaban J connectivity index is 0.000000610. The molecular formula is C34H38F6N6O8. The number of nitrogens with one attached hydrogen (secondary N) is 2. The number of para-hydroxylation sites is 2. The summed E-state index contributed by atoms with van der Waals surface area (Å²) in [6, 6.07) is 20.6. The van der Waals surface area contributed by atoms with E-state index in [1.807, 2.05) is 75.6 Å². The van der Waals surface area contributed by atoms with Gasteiger partial charge in [0.1, 0.15) is 29.7 Å². The van der Waals surface area contributed by atoms with Gasteiger partial charge in [-0.25, -0.2) is 14.4 Å². The number of hydrogen-bond acceptors (Lipinski definition) is 9. The van der Waals surface area contributed by atoms with Crippen LogP contribution in [-0.2, 0) is 16.0 Å². The molecule has 4 aromatic rings. The van der Waals surface area contributed by atoms with Crippen LogP contribution in [-0.4, -0.2) is 101 Å². The number of aliphatic carboxylic acids is 2. The highest BCUT2D eigenvalue weighted by molar-refractivity contribution is 5.94. The topological polar surface area (TPSA) is 206 Å². The van der Waals surface area contributed by atoms with Crippen LogP contribution in [0.4, 0.5) is 26.3 Å². The van der Waals surface area contributed by atoms with Gasteiger partial charge < -0.3 is 35.1 Å². The quantitative estimate of drug-likeness (QED) is 0.0707. The third-order valence-electron chi connectivity index (χ3n) is 6.93. The van der Waals surface area contributed by atoms with Crippen molar-refractivity contribution in [2.75, 3.05) is 41.0 Å². The predicted octanol–water partition coefficient (Wildman–Crippen LogP) is 4.83. The molecule has 0 amide bonds. The summed E-state index contributed by atoms with van der Waals surface area (Å²) in [4.78, 5) is 35.9. The van der Waals surface area contributed by atoms with E-state index in [4.69, 9.17) is 50.3 Å². The number of carbonyl (C=O) groups is 2. The van der Waals surface area contributed by atoms with Gasteiger partial charge in [0.15, 0.2) is 11.5 Å². The van der Waals surface area contributed by atoms with Crippen LogP contribution in [0.1, 0.15) is 35.4 Å². The smallest absolute Gasteiger partial charge is 0.490 e. The Labute approximate surface area is 304 Å². The van der Waals surface area contributed by atoms with E-state index in [-0.39, 0.29) is 17.4 Å². The second-order valence-electron chi connectivity index (χ2n) is 11.2. The fraction of sp³-hybridized carbons (Fsp3) is 0.324. The Morgan fingerprint density at radius 2 is 1.50 bits per heavy atom. The Morgan fingerprint density at radius 1 is 0.926 bits per heavy atom. The molecule has 0 saturated heterocycles. The van der Waals surface area contributed by atoms with E-state index < -0.39 is 24.3 Å². The minimum atomic E-state index is -5.08. The van der Waals surface area contributed by atoms with Crippen molar-refractivity contribution in [1.82, 2.24) is 19.7 Å². The van der Waals surface area contributed by atoms with E-state index in [0.29, 0.717) is 54.0 Å². The lowest BCUT2D eigenvalue weighted by atomic mass is 9.90. The molecule has 4 rings (SSSR count). The Morgan fingerprint density at radius 3 is 2.00 bits per heavy atom. The molecule has 1 heterocycles. The van der Waals surface area contributed by atoms with Gasteiger partial charge in [-0.3, -0.25) is 10.4 Å². The molecule has 294 valence electrons. The highest BCUT2D eigenvalue weighted by Gasteiger charge is 2.39. The number of nitrogens with zero attached hydrogens (tertiary/aromatic N) is 3. The van der Waals surface area contributed by atoms with Gasteiger partial charge in [-0.05, 0) is 62.8 Å². The molecule has 0 radical (unpaired) electrons. The molecule has 1 aromatic heterocycles. The minimum Gasteiger partial charge on any atom is -0.494 e. The van der Waals surface area contributed by atoms with Crippen LogP contribution in [0.25, 0.3) is 5.69 Å². The predicted molar refractivity (Wildman–Crippen MR) is 183 cm³/mol. The monoisotopic (exact) mass is 772 g/mol. The largest absolute Gasteiger partial charge is 0.494 e. The first-order valence-corrected chi connectivity index (χ1v) is 15.6. The molecule has 0 aliphatic carbocycles. The zero-order valence-corrected chi connectivity index (χ0v) is 29.3. The number of halogens is 6. The first-order valence-electron chi connectivity index (χ1n) is 15.6. The van der Waals surface area contributed by atoms with E-state index in [0.717, 1.165) is 17.7 Å². The highest BCUT2D eigenvalue weighted by atomic mass is 19.4. The molecule has 14 nitrogen and oxygen atoms in total. The van der Waals surface area contributed by atoms with Crippen molar-refractivity contribution in [2.45, 2.75) is 31.6 Å². The summed E-state index contributed by atoms with van der Waals surface area (Å²) in [7, 11) is 5.55. The Hall–Kier alpha value is -6.05. The summed E-state index contributed by atoms with van der Waals surface area (Å²) in [6.45, 7) is 3.70. The normalized spacial score (nSPS) is 11.7. The third kappa shape index (κ3) is 13.5. The van der Waals surface area contributed by atoms with Crippen LogP contribution in [0.15, 0.2) is 71.5 Å². The van der Waals surface area contributed by atoms with E-state index in [2.05, 4.69) is 9.88 Å². The lowest BCUT2D eigenvalue weighted by Crippen LogP contribution is -2.21. The fourth-order valence-electron chi connectivity index (χ4n) is 4.36. The fourth-order valence-corrected chi connectivity index (χ4v) is 4.36. The number of likely N-dealkylation sites (N-methyl/N-ethyl adjacent to an activating group) is 1. The zero-order valence-electron chi connectivity index (χ0n) is 29.3. The lowest BCUT2D eigenvalue weighted by Gasteiger charge is -2.19. The van der Waals surface area contributed by atoms with Gasteiger partial charge in [-0.15, -0.1) is 5.10 Å². The van der Waals surface area contributed by atoms with Gasteiger partial charge in [-0.1, -0.05) is 42.5 Å². The van der Waals surface area contributed by atoms with Crippen LogP contribution in [0.3, 0.4) is 0 Å². The molecule has 54 heavy (non-hydrogen) atoms. The van der Waals surface area contributed by atoms with Crippen molar-refractivity contribution in [3.63, 3.8) is 0 Å². The molecule has 1 atom stereocenters. The van der Waals surface area contributed by atoms with Gasteiger partial charge in [0.05, 0.1) is 13.7 Å². The van der Waals surface area contributed by atoms with Crippen molar-refractivity contribution < 1.29 is 60.4 Å². The minimum absolute atomic E-state index is 0.00851. The number of H-pyrrole nitrogens is 1. The maximum Gasteiger partial charge on any atom is 0.490 e. The first-order chi connectivity index (χ1) is 25.2. The standard InChI is InChI=1S/C30H36N6O4.2C2HF3O2/c1-5-39-27-19-22(14-15-26(27)40-17-16-35(2)3)23(18-20-10-12-21(13-11-20)28(31)32)29-33-30(37)36(34-29)24-8-6-7-9-25(24)38-4;2*3-2(4,5)1(6)7/h6-15,19,23H,5,16-18H2,1-4H3,(H3,31,32)(H,33,34,37);2*(H,6,7). The highest BCUT2D eigenvalue weighted by Crippen LogP contribution is 2.35. The summed E-state index contributed by atoms with van der Waals surface area (Å²) in [6.07, 6.45) is -9.64. The van der Waals surface area contributed by atoms with Gasteiger partial charge >= 0.3 is 30.0 Å². The van der Waals surface area contributed by atoms with Crippen molar-refractivity contribution in [2.24, 2.45) is 5.73 Å². The molecule has 3 aromatic carbocycles. The molecule has 0 saturated carbocycles. The van der Waals surface area contributed by atoms with Gasteiger partial charge in [0.25, 0.3) is 0 Å². The number of nitrogens with two attached hydrogens (primary N) is 1. The lowest BCUT2D eigenvalue weighted by molar-refractivity contribution is -0.193. The first kappa shape index (κ1) is 44.1. The van der Waals surface area contributed by atoms with Crippen LogP contribution < -0.4 is 25.6 Å². The molecule has 0 aliphatic rings. The van der Waals surface area contributed by atoms with E-state index in [1.54, 1.807) is 19.2 Å². The molecule has 1 unspecified atom stereocenters. The molecule has 0 spiro atoms. The van der Waals surface area contributed by atoms with Crippen molar-refractivity contribution >= 4 is 17.8 Å². The maximum absolute atomic E-state index is 13.1. The number of aromatic amines is 1. The summed E-state index contributed by atoms with van der Waals surface area (Å²) in [5.41, 5.74) is 8.36. The molecule has 20 heteroatoms. The Bertz CT molecular complexity index is 1890. The average molecular weight is 773 g/mol. The van der Waals surface area contributed by atoms with Crippen LogP contribution in [0.5, 0.6) is 17.2 Å². The molecule has 0 bridgehead atoms. The zero-order chi connectivity index (χ0) is 40.8. The van der Waals surface area contributed by atoms with E-state index in [9.17, 15) is 31.1 Å². The Kier molecular flexibility index (Phi) is 16.1. The number of ether oxygens (including phenoxy) is 3. The number of nitrogen functional groups attached to an aromatic ring is 1. The summed E-state index contributed by atoms with van der Waals surface area (Å²) in [5, 5.41) is 26.7. The molecule has 0 aliphatic heterocycles. The van der Waals surface area contributed by atoms with Crippen LogP contribution in [0, 0.1) is 5.41 Å². The second-order valence-corrected chi connectivity index (χ2v) is 11.2. The second kappa shape index (κ2) is 19.7. The molecule has 6 N–H and O–H groups in total. The van der Waals surface area contributed by atoms with Gasteiger partial charge in [-0.2, -0.15) is 31.0 Å².